The molecular formula is C16H14ClF6NS. The minimum absolute atomic E-state index is 0.102. The van der Waals surface area contributed by atoms with Crippen LogP contribution in [0, 0.1) is 0 Å². The maximum absolute atomic E-state index is 12.7. The predicted molar refractivity (Wildman–Crippen MR) is 86.6 cm³/mol. The summed E-state index contributed by atoms with van der Waals surface area (Å²) < 4.78 is 76.4. The summed E-state index contributed by atoms with van der Waals surface area (Å²) in [5.41, 5.74) is -2.18. The van der Waals surface area contributed by atoms with Crippen molar-refractivity contribution in [3.63, 3.8) is 0 Å². The third kappa shape index (κ3) is 6.78. The molecule has 0 aliphatic heterocycles. The Labute approximate surface area is 150 Å². The zero-order valence-electron chi connectivity index (χ0n) is 13.2. The molecule has 1 nitrogen and oxygen atoms in total. The smallest absolute Gasteiger partial charge is 0.259 e. The van der Waals surface area contributed by atoms with Crippen molar-refractivity contribution in [1.29, 1.82) is 0 Å². The summed E-state index contributed by atoms with van der Waals surface area (Å²) in [5.74, 6) is 0.121. The van der Waals surface area contributed by atoms with Crippen LogP contribution < -0.4 is 0 Å². The van der Waals surface area contributed by atoms with Gasteiger partial charge in [0.05, 0.1) is 21.8 Å². The van der Waals surface area contributed by atoms with Gasteiger partial charge in [-0.25, -0.2) is 0 Å². The second-order valence-corrected chi connectivity index (χ2v) is 5.98. The van der Waals surface area contributed by atoms with E-state index in [0.717, 1.165) is 11.8 Å². The molecule has 0 radical (unpaired) electrons. The summed E-state index contributed by atoms with van der Waals surface area (Å²) in [4.78, 5) is 3.80. The third-order valence-electron chi connectivity index (χ3n) is 2.74. The molecule has 0 spiro atoms. The number of hydrogen-bond donors (Lipinski definition) is 0. The van der Waals surface area contributed by atoms with Gasteiger partial charge < -0.3 is 0 Å². The maximum atomic E-state index is 12.7. The van der Waals surface area contributed by atoms with E-state index in [-0.39, 0.29) is 16.7 Å². The lowest BCUT2D eigenvalue weighted by Crippen LogP contribution is -2.10. The molecule has 25 heavy (non-hydrogen) atoms. The number of alkyl halides is 6. The number of rotatable bonds is 3. The van der Waals surface area contributed by atoms with E-state index >= 15 is 0 Å². The fraction of sp³-hybridized carbons (Fsp3) is 0.312. The molecule has 1 aromatic heterocycles. The van der Waals surface area contributed by atoms with Crippen molar-refractivity contribution in [2.45, 2.75) is 36.8 Å². The van der Waals surface area contributed by atoms with Gasteiger partial charge in [-0.2, -0.15) is 26.3 Å². The molecule has 0 saturated heterocycles. The van der Waals surface area contributed by atoms with Gasteiger partial charge in [0.1, 0.15) is 0 Å². The van der Waals surface area contributed by atoms with Gasteiger partial charge in [0, 0.05) is 16.8 Å². The number of nitrogens with zero attached hydrogens (tertiary/aromatic N) is 1. The van der Waals surface area contributed by atoms with Crippen LogP contribution in [0.5, 0.6) is 0 Å². The van der Waals surface area contributed by atoms with Crippen LogP contribution in [0.15, 0.2) is 41.4 Å². The molecule has 0 bridgehead atoms. The molecule has 0 aliphatic carbocycles. The molecule has 138 valence electrons. The Hall–Kier alpha value is -1.41. The van der Waals surface area contributed by atoms with Crippen molar-refractivity contribution in [1.82, 2.24) is 4.98 Å². The monoisotopic (exact) mass is 401 g/mol. The quantitative estimate of drug-likeness (QED) is 0.402. The normalized spacial score (nSPS) is 11.7. The van der Waals surface area contributed by atoms with E-state index in [2.05, 4.69) is 4.98 Å². The van der Waals surface area contributed by atoms with E-state index in [9.17, 15) is 26.3 Å². The van der Waals surface area contributed by atoms with Gasteiger partial charge in [-0.05, 0) is 30.3 Å². The molecule has 0 atom stereocenters. The molecule has 9 heteroatoms. The Kier molecular flexibility index (Phi) is 7.62. The van der Waals surface area contributed by atoms with Crippen molar-refractivity contribution in [3.05, 3.63) is 58.4 Å². The van der Waals surface area contributed by atoms with Crippen LogP contribution in [0.1, 0.15) is 30.7 Å². The average Bonchev–Trinajstić information content (AvgIpc) is 2.54. The molecule has 0 amide bonds. The fourth-order valence-electron chi connectivity index (χ4n) is 1.66. The van der Waals surface area contributed by atoms with Crippen LogP contribution in [0.25, 0.3) is 0 Å². The Morgan fingerprint density at radius 2 is 1.44 bits per heavy atom. The molecular weight excluding hydrogens is 388 g/mol. The maximum Gasteiger partial charge on any atom is 0.416 e. The lowest BCUT2D eigenvalue weighted by Gasteiger charge is -2.14. The van der Waals surface area contributed by atoms with Crippen LogP contribution >= 0.6 is 23.4 Å². The minimum Gasteiger partial charge on any atom is -0.259 e. The Balaban J connectivity index is 0.00000151. The summed E-state index contributed by atoms with van der Waals surface area (Å²) in [5, 5.41) is 0.386. The summed E-state index contributed by atoms with van der Waals surface area (Å²) in [6.07, 6.45) is -8.35. The van der Waals surface area contributed by atoms with Gasteiger partial charge in [-0.15, -0.1) is 11.8 Å². The van der Waals surface area contributed by atoms with Crippen molar-refractivity contribution < 1.29 is 26.3 Å². The number of halogens is 7. The molecule has 0 N–H and O–H groups in total. The molecule has 0 saturated carbocycles. The first-order valence-electron chi connectivity index (χ1n) is 7.08. The van der Waals surface area contributed by atoms with E-state index < -0.39 is 23.5 Å². The zero-order valence-corrected chi connectivity index (χ0v) is 14.7. The lowest BCUT2D eigenvalue weighted by molar-refractivity contribution is -0.143. The average molecular weight is 402 g/mol. The first-order chi connectivity index (χ1) is 11.6. The largest absolute Gasteiger partial charge is 0.416 e. The topological polar surface area (TPSA) is 12.9 Å². The van der Waals surface area contributed by atoms with Crippen LogP contribution in [0.2, 0.25) is 5.02 Å². The molecule has 0 aliphatic rings. The second kappa shape index (κ2) is 8.80. The summed E-state index contributed by atoms with van der Waals surface area (Å²) >= 11 is 6.49. The third-order valence-corrected chi connectivity index (χ3v) is 3.97. The molecule has 2 aromatic rings. The Bertz CT molecular complexity index is 650. The second-order valence-electron chi connectivity index (χ2n) is 4.50. The lowest BCUT2D eigenvalue weighted by atomic mass is 10.1. The zero-order chi connectivity index (χ0) is 19.3. The van der Waals surface area contributed by atoms with Gasteiger partial charge in [0.25, 0.3) is 0 Å². The summed E-state index contributed by atoms with van der Waals surface area (Å²) in [6.45, 7) is 4.00. The van der Waals surface area contributed by atoms with E-state index in [1.165, 1.54) is 12.3 Å². The van der Waals surface area contributed by atoms with E-state index in [1.807, 2.05) is 13.8 Å². The fourth-order valence-corrected chi connectivity index (χ4v) is 2.68. The number of pyridine rings is 1. The van der Waals surface area contributed by atoms with Crippen LogP contribution in [-0.2, 0) is 18.1 Å². The van der Waals surface area contributed by atoms with Crippen molar-refractivity contribution >= 4 is 23.4 Å². The van der Waals surface area contributed by atoms with Crippen LogP contribution in [-0.4, -0.2) is 4.98 Å². The summed E-state index contributed by atoms with van der Waals surface area (Å²) in [7, 11) is 0. The molecule has 1 heterocycles. The highest BCUT2D eigenvalue weighted by Gasteiger charge is 2.36. The molecule has 0 fully saturated rings. The highest BCUT2D eigenvalue weighted by Crippen LogP contribution is 2.38. The van der Waals surface area contributed by atoms with Gasteiger partial charge in [0.15, 0.2) is 0 Å². The minimum atomic E-state index is -4.85. The first kappa shape index (κ1) is 21.6. The molecule has 0 unspecified atom stereocenters. The molecule has 1 aromatic carbocycles. The van der Waals surface area contributed by atoms with Gasteiger partial charge in [-0.1, -0.05) is 25.4 Å². The number of benzene rings is 1. The SMILES string of the molecule is CC.FC(F)(F)c1cc(SCc2ccc(Cl)cn2)cc(C(F)(F)F)c1. The van der Waals surface area contributed by atoms with Gasteiger partial charge in [0.2, 0.25) is 0 Å². The number of thioether (sulfide) groups is 1. The Morgan fingerprint density at radius 3 is 1.84 bits per heavy atom. The summed E-state index contributed by atoms with van der Waals surface area (Å²) in [6, 6.07) is 4.57. The Morgan fingerprint density at radius 1 is 0.920 bits per heavy atom. The van der Waals surface area contributed by atoms with E-state index in [1.54, 1.807) is 6.07 Å². The van der Waals surface area contributed by atoms with Gasteiger partial charge in [-0.3, -0.25) is 4.98 Å². The highest BCUT2D eigenvalue weighted by molar-refractivity contribution is 7.98. The molecule has 2 rings (SSSR count). The van der Waals surface area contributed by atoms with E-state index in [4.69, 9.17) is 11.6 Å². The van der Waals surface area contributed by atoms with E-state index in [0.29, 0.717) is 22.8 Å². The number of aromatic nitrogens is 1. The first-order valence-corrected chi connectivity index (χ1v) is 8.45. The number of hydrogen-bond acceptors (Lipinski definition) is 2. The van der Waals surface area contributed by atoms with Gasteiger partial charge >= 0.3 is 12.4 Å². The van der Waals surface area contributed by atoms with Crippen LogP contribution in [0.4, 0.5) is 26.3 Å². The van der Waals surface area contributed by atoms with Crippen molar-refractivity contribution in [2.75, 3.05) is 0 Å². The predicted octanol–water partition coefficient (Wildman–Crippen LogP) is 7.09. The van der Waals surface area contributed by atoms with Crippen LogP contribution in [0.3, 0.4) is 0 Å². The highest BCUT2D eigenvalue weighted by atomic mass is 35.5. The van der Waals surface area contributed by atoms with Crippen molar-refractivity contribution in [3.8, 4) is 0 Å². The van der Waals surface area contributed by atoms with Crippen molar-refractivity contribution in [2.24, 2.45) is 0 Å². The standard InChI is InChI=1S/C14H8ClF6NS.C2H6/c15-10-1-2-11(22-6-10)7-23-12-4-8(13(16,17)18)3-9(5-12)14(19,20)21;1-2/h1-6H,7H2;1-2H3.